The van der Waals surface area contributed by atoms with Crippen LogP contribution in [-0.4, -0.2) is 253 Å². The predicted octanol–water partition coefficient (Wildman–Crippen LogP) is -2.45. The van der Waals surface area contributed by atoms with Crippen LogP contribution in [0.25, 0.3) is 10.8 Å². The molecule has 0 aliphatic rings. The lowest BCUT2D eigenvalue weighted by Gasteiger charge is -2.37. The topological polar surface area (TPSA) is 706 Å². The molecule has 0 spiro atoms. The Hall–Kier alpha value is -14.4. The van der Waals surface area contributed by atoms with Crippen molar-refractivity contribution >= 4 is 159 Å². The second-order valence-electron chi connectivity index (χ2n) is 32.9. The average molecular weight is 1920 g/mol. The monoisotopic (exact) mass is 1910 g/mol. The number of hydrogen-bond acceptors (Lipinski definition) is 26. The average Bonchev–Trinajstić information content (AvgIpc) is 0.797. The van der Waals surface area contributed by atoms with Crippen LogP contribution in [0.1, 0.15) is 133 Å². The fourth-order valence-electron chi connectivity index (χ4n) is 13.4. The number of carbonyl (C=O) groups excluding carboxylic acids is 17. The van der Waals surface area contributed by atoms with Gasteiger partial charge in [-0.05, 0) is 96.7 Å². The highest BCUT2D eigenvalue weighted by molar-refractivity contribution is 7.98. The third-order valence-electron chi connectivity index (χ3n) is 20.3. The van der Waals surface area contributed by atoms with Gasteiger partial charge >= 0.3 is 23.9 Å². The summed E-state index contributed by atoms with van der Waals surface area (Å²) >= 11 is 2.54. The van der Waals surface area contributed by atoms with Crippen molar-refractivity contribution in [3.05, 3.63) is 149 Å². The van der Waals surface area contributed by atoms with Crippen molar-refractivity contribution in [2.45, 2.75) is 221 Å². The molecule has 14 atom stereocenters. The standard InChI is InChI=1S/C90H115N17O26S2/c1-9-10-23-70(112)95-51(5)80(125)97-58(42-108)45-134-43-54-32-48(2)33-55(34-54)44-135-46-68(77(93)122)104-88(133)76(89(6,7)8)105-86(131)67(39-75(120)121)106-90(47-109,40-53-24-26-59(110)27-25-53)107-87(132)63(35-52-17-12-11-13-18-52)101-85(130)66(38-74(118)119)103-81(126)61(28-30-72(114)115)98-71(113)41-94-79(124)50(4)96-83(128)64(36-57-21-16-20-56-19-14-15-22-60(56)57)102-82(127)62(29-31-73(116)117)99-84(129)65(37-69(92)111)100-78(123)49(3)91/h1,11-22,24-27,32-34,42,47,49-51,58,61-68,76,106,110H,10,23,28-31,35-41,43-46,91H2,2-8H3,(H2,92,111)(H2,93,122)(H,94,124)(H,95,112)(H,96,128)(H,97,125)(H,98,113)(H,99,129)(H,100,123)(H,101,130)(H,102,127)(H,103,126)(H,104,133)(H,105,131)(H,107,132)(H,114,115)(H,116,117)(H,118,119)(H,120,121). The summed E-state index contributed by atoms with van der Waals surface area (Å²) in [6.07, 6.45) is -1.78. The number of hydrogen-bond donors (Lipinski definition) is 22. The summed E-state index contributed by atoms with van der Waals surface area (Å²) in [6, 6.07) is 8.97. The van der Waals surface area contributed by atoms with Crippen LogP contribution >= 0.6 is 23.5 Å². The lowest BCUT2D eigenvalue weighted by atomic mass is 9.85. The zero-order valence-corrected chi connectivity index (χ0v) is 76.7. The van der Waals surface area contributed by atoms with Crippen molar-refractivity contribution in [1.29, 1.82) is 0 Å². The second-order valence-corrected chi connectivity index (χ2v) is 35.0. The molecule has 0 aliphatic carbocycles. The van der Waals surface area contributed by atoms with Gasteiger partial charge in [-0.1, -0.05) is 129 Å². The van der Waals surface area contributed by atoms with Crippen molar-refractivity contribution in [1.82, 2.24) is 74.4 Å². The van der Waals surface area contributed by atoms with E-state index in [1.807, 2.05) is 25.1 Å². The SMILES string of the molecule is C#CCCC(=O)NC(C)C(=O)NC(C=O)CSCc1cc(C)cc(CSCC(NC(=O)C(NC(=O)C(CC(=O)O)NC(C=O)(Cc2ccc(O)cc2)NC(=O)C(Cc2ccccc2)NC(=O)C(CC(=O)O)NC(=O)C(CCC(=O)O)NC(=O)CNC(=O)C(C)NC(=O)C(Cc2cccc3ccccc23)NC(=O)C(CCC(=O)O)NC(=O)C(CC(N)=O)NC(=O)C(C)N)C(C)(C)C)C(N)=O)c1. The van der Waals surface area contributed by atoms with Crippen LogP contribution in [0.5, 0.6) is 5.75 Å². The summed E-state index contributed by atoms with van der Waals surface area (Å²) in [5, 5.41) is 85.3. The highest BCUT2D eigenvalue weighted by Gasteiger charge is 2.44. The van der Waals surface area contributed by atoms with Gasteiger partial charge in [-0.15, -0.1) is 12.3 Å². The van der Waals surface area contributed by atoms with E-state index < -0.39 is 266 Å². The zero-order valence-electron chi connectivity index (χ0n) is 75.1. The lowest BCUT2D eigenvalue weighted by molar-refractivity contribution is -0.142. The molecule has 0 fully saturated rings. The first-order valence-electron chi connectivity index (χ1n) is 42.4. The van der Waals surface area contributed by atoms with E-state index in [0.29, 0.717) is 28.4 Å². The minimum absolute atomic E-state index is 0.0213. The molecule has 0 aromatic heterocycles. The van der Waals surface area contributed by atoms with Crippen LogP contribution in [0, 0.1) is 24.7 Å². The van der Waals surface area contributed by atoms with Crippen molar-refractivity contribution in [2.75, 3.05) is 18.1 Å². The number of phenols is 1. The predicted molar refractivity (Wildman–Crippen MR) is 491 cm³/mol. The number of aliphatic carboxylic acids is 4. The van der Waals surface area contributed by atoms with Crippen LogP contribution in [-0.2, 0) is 131 Å². The van der Waals surface area contributed by atoms with Crippen molar-refractivity contribution in [2.24, 2.45) is 22.6 Å². The minimum atomic E-state index is -2.65. The van der Waals surface area contributed by atoms with E-state index in [2.05, 4.69) is 80.4 Å². The maximum atomic E-state index is 15.2. The van der Waals surface area contributed by atoms with Crippen LogP contribution < -0.4 is 91.6 Å². The number of primary amides is 2. The van der Waals surface area contributed by atoms with Gasteiger partial charge in [0.25, 0.3) is 0 Å². The lowest BCUT2D eigenvalue weighted by Crippen LogP contribution is -2.70. The van der Waals surface area contributed by atoms with E-state index in [1.165, 1.54) is 107 Å². The van der Waals surface area contributed by atoms with E-state index in [4.69, 9.17) is 23.6 Å². The molecule has 45 heteroatoms. The van der Waals surface area contributed by atoms with E-state index in [1.54, 1.807) is 48.5 Å². The fraction of sp³-hybridized carbons (Fsp3) is 0.433. The molecule has 0 radical (unpaired) electrons. The second kappa shape index (κ2) is 54.6. The Labute approximate surface area is 784 Å². The third-order valence-corrected chi connectivity index (χ3v) is 22.6. The summed E-state index contributed by atoms with van der Waals surface area (Å²) < 4.78 is 0. The molecule has 43 nitrogen and oxygen atoms in total. The molecule has 0 bridgehead atoms. The first kappa shape index (κ1) is 111. The molecule has 0 aliphatic heterocycles. The van der Waals surface area contributed by atoms with E-state index >= 15 is 4.79 Å². The van der Waals surface area contributed by atoms with Gasteiger partial charge in [0, 0.05) is 68.0 Å². The quantitative estimate of drug-likeness (QED) is 0.0109. The number of rotatable bonds is 58. The number of terminal acetylenes is 1. The van der Waals surface area contributed by atoms with E-state index in [0.717, 1.165) is 23.6 Å². The Balaban J connectivity index is 1.36. The summed E-state index contributed by atoms with van der Waals surface area (Å²) in [6.45, 7) is 9.21. The number of aldehydes is 2. The largest absolute Gasteiger partial charge is 0.508 e. The molecule has 5 rings (SSSR count). The van der Waals surface area contributed by atoms with E-state index in [9.17, 15) is 121 Å². The maximum absolute atomic E-state index is 15.2. The number of carboxylic acids is 4. The van der Waals surface area contributed by atoms with Crippen molar-refractivity contribution < 1.29 is 126 Å². The Morgan fingerprint density at radius 1 is 0.467 bits per heavy atom. The number of nitrogens with one attached hydrogen (secondary N) is 14. The first-order chi connectivity index (χ1) is 63.6. The molecule has 5 aromatic carbocycles. The highest BCUT2D eigenvalue weighted by Crippen LogP contribution is 2.26. The van der Waals surface area contributed by atoms with Crippen molar-refractivity contribution in [3.63, 3.8) is 0 Å². The van der Waals surface area contributed by atoms with Crippen LogP contribution in [0.2, 0.25) is 0 Å². The van der Waals surface area contributed by atoms with Gasteiger partial charge in [-0.2, -0.15) is 23.5 Å². The van der Waals surface area contributed by atoms with Gasteiger partial charge in [0.2, 0.25) is 88.6 Å². The first-order valence-corrected chi connectivity index (χ1v) is 44.7. The Kier molecular flexibility index (Phi) is 44.9. The molecule has 14 unspecified atom stereocenters. The Morgan fingerprint density at radius 3 is 1.53 bits per heavy atom. The molecular weight excluding hydrogens is 1800 g/mol. The Morgan fingerprint density at radius 2 is 0.970 bits per heavy atom. The highest BCUT2D eigenvalue weighted by atomic mass is 32.2. The van der Waals surface area contributed by atoms with Gasteiger partial charge in [0.05, 0.1) is 43.9 Å². The molecule has 0 saturated heterocycles. The number of thioether (sulfide) groups is 2. The number of amides is 15. The van der Waals surface area contributed by atoms with Gasteiger partial charge in [-0.3, -0.25) is 101 Å². The van der Waals surface area contributed by atoms with Gasteiger partial charge in [-0.25, -0.2) is 0 Å². The van der Waals surface area contributed by atoms with Gasteiger partial charge < -0.3 is 117 Å². The van der Waals surface area contributed by atoms with Gasteiger partial charge in [0.15, 0.2) is 11.9 Å². The molecule has 135 heavy (non-hydrogen) atoms. The summed E-state index contributed by atoms with van der Waals surface area (Å²) in [7, 11) is 0. The molecule has 0 saturated carbocycles. The van der Waals surface area contributed by atoms with Crippen molar-refractivity contribution in [3.8, 4) is 18.1 Å². The smallest absolute Gasteiger partial charge is 0.305 e. The fourth-order valence-corrected chi connectivity index (χ4v) is 15.3. The number of aromatic hydroxyl groups is 1. The molecular formula is C90H115N17O26S2. The third kappa shape index (κ3) is 39.1. The number of phenolic OH excluding ortho intramolecular Hbond substituents is 1. The zero-order chi connectivity index (χ0) is 101. The van der Waals surface area contributed by atoms with Crippen LogP contribution in [0.3, 0.4) is 0 Å². The number of fused-ring (bicyclic) bond motifs is 1. The maximum Gasteiger partial charge on any atom is 0.305 e. The Bertz CT molecular complexity index is 5170. The van der Waals surface area contributed by atoms with Crippen LogP contribution in [0.15, 0.2) is 115 Å². The number of carboxylic acid groups (broad SMARTS) is 4. The van der Waals surface area contributed by atoms with E-state index in [-0.39, 0.29) is 59.7 Å². The minimum Gasteiger partial charge on any atom is -0.508 e. The number of carbonyl (C=O) groups is 21. The van der Waals surface area contributed by atoms with Crippen LogP contribution in [0.4, 0.5) is 0 Å². The normalized spacial score (nSPS) is 14.4. The van der Waals surface area contributed by atoms with Gasteiger partial charge in [0.1, 0.15) is 72.5 Å². The summed E-state index contributed by atoms with van der Waals surface area (Å²) in [5.74, 6) is -19.8. The molecule has 15 amide bonds. The number of benzene rings is 5. The molecule has 25 N–H and O–H groups in total. The summed E-state index contributed by atoms with van der Waals surface area (Å²) in [5.41, 5.74) is 16.2. The molecule has 0 heterocycles. The molecule has 728 valence electrons. The number of aryl methyl sites for hydroxylation is 1. The molecule has 5 aromatic rings. The summed E-state index contributed by atoms with van der Waals surface area (Å²) in [4.78, 5) is 282. The number of nitrogens with two attached hydrogens (primary N) is 3.